The second-order valence-corrected chi connectivity index (χ2v) is 5.77. The molecule has 0 aromatic rings. The molecule has 1 aliphatic heterocycles. The molecular formula is C12H22ClNO2. The van der Waals surface area contributed by atoms with Crippen molar-refractivity contribution in [2.45, 2.75) is 45.6 Å². The van der Waals surface area contributed by atoms with Gasteiger partial charge in [0.2, 0.25) is 0 Å². The highest BCUT2D eigenvalue weighted by atomic mass is 35.5. The van der Waals surface area contributed by atoms with Gasteiger partial charge in [-0.1, -0.05) is 0 Å². The summed E-state index contributed by atoms with van der Waals surface area (Å²) in [5.74, 6) is 1.40. The Kier molecular flexibility index (Phi) is 4.90. The normalized spacial score (nSPS) is 18.6. The Bertz CT molecular complexity index is 230. The van der Waals surface area contributed by atoms with Crippen LogP contribution in [0.3, 0.4) is 0 Å². The summed E-state index contributed by atoms with van der Waals surface area (Å²) in [6.45, 7) is 7.29. The average molecular weight is 248 g/mol. The molecule has 1 saturated heterocycles. The van der Waals surface area contributed by atoms with E-state index in [2.05, 4.69) is 0 Å². The molecule has 0 saturated carbocycles. The number of hydrogen-bond donors (Lipinski definition) is 0. The topological polar surface area (TPSA) is 29.5 Å². The quantitative estimate of drug-likeness (QED) is 0.701. The summed E-state index contributed by atoms with van der Waals surface area (Å²) in [7, 11) is 0. The SMILES string of the molecule is CC(C)(C)OC(=O)N1CCC(CCCl)CC1. The number of carbonyl (C=O) groups excluding carboxylic acids is 1. The lowest BCUT2D eigenvalue weighted by Gasteiger charge is -2.33. The smallest absolute Gasteiger partial charge is 0.410 e. The molecule has 16 heavy (non-hydrogen) atoms. The van der Waals surface area contributed by atoms with Crippen LogP contribution in [0.1, 0.15) is 40.0 Å². The van der Waals surface area contributed by atoms with E-state index in [1.54, 1.807) is 4.90 Å². The Morgan fingerprint density at radius 3 is 2.38 bits per heavy atom. The van der Waals surface area contributed by atoms with Gasteiger partial charge in [-0.3, -0.25) is 0 Å². The highest BCUT2D eigenvalue weighted by molar-refractivity contribution is 6.17. The van der Waals surface area contributed by atoms with Crippen LogP contribution in [0.2, 0.25) is 0 Å². The molecule has 0 N–H and O–H groups in total. The van der Waals surface area contributed by atoms with Gasteiger partial charge >= 0.3 is 6.09 Å². The van der Waals surface area contributed by atoms with Crippen LogP contribution in [0.4, 0.5) is 4.79 Å². The van der Waals surface area contributed by atoms with E-state index in [0.29, 0.717) is 5.92 Å². The summed E-state index contributed by atoms with van der Waals surface area (Å²) in [5.41, 5.74) is -0.399. The first-order chi connectivity index (χ1) is 7.42. The third kappa shape index (κ3) is 4.60. The zero-order valence-electron chi connectivity index (χ0n) is 10.5. The first-order valence-corrected chi connectivity index (χ1v) is 6.49. The minimum absolute atomic E-state index is 0.183. The fourth-order valence-electron chi connectivity index (χ4n) is 1.88. The number of hydrogen-bond acceptors (Lipinski definition) is 2. The Balaban J connectivity index is 2.33. The highest BCUT2D eigenvalue weighted by Crippen LogP contribution is 2.22. The molecule has 3 nitrogen and oxygen atoms in total. The summed E-state index contributed by atoms with van der Waals surface area (Å²) >= 11 is 5.72. The van der Waals surface area contributed by atoms with Gasteiger partial charge in [0.1, 0.15) is 5.60 Å². The summed E-state index contributed by atoms with van der Waals surface area (Å²) in [6, 6.07) is 0. The summed E-state index contributed by atoms with van der Waals surface area (Å²) in [6.07, 6.45) is 2.97. The van der Waals surface area contributed by atoms with Crippen LogP contribution in [0.25, 0.3) is 0 Å². The fraction of sp³-hybridized carbons (Fsp3) is 0.917. The number of halogens is 1. The first-order valence-electron chi connectivity index (χ1n) is 5.96. The van der Waals surface area contributed by atoms with E-state index in [-0.39, 0.29) is 6.09 Å². The van der Waals surface area contributed by atoms with Gasteiger partial charge in [-0.2, -0.15) is 0 Å². The lowest BCUT2D eigenvalue weighted by Crippen LogP contribution is -2.41. The zero-order valence-corrected chi connectivity index (χ0v) is 11.2. The lowest BCUT2D eigenvalue weighted by atomic mass is 9.95. The van der Waals surface area contributed by atoms with Crippen molar-refractivity contribution in [3.63, 3.8) is 0 Å². The molecule has 0 aromatic carbocycles. The van der Waals surface area contributed by atoms with E-state index in [9.17, 15) is 4.79 Å². The van der Waals surface area contributed by atoms with Gasteiger partial charge in [0.05, 0.1) is 0 Å². The largest absolute Gasteiger partial charge is 0.444 e. The predicted molar refractivity (Wildman–Crippen MR) is 65.9 cm³/mol. The summed E-state index contributed by atoms with van der Waals surface area (Å²) in [4.78, 5) is 13.6. The molecule has 1 rings (SSSR count). The van der Waals surface area contributed by atoms with Crippen LogP contribution in [0.5, 0.6) is 0 Å². The maximum absolute atomic E-state index is 11.8. The first kappa shape index (κ1) is 13.6. The molecule has 0 atom stereocenters. The minimum Gasteiger partial charge on any atom is -0.444 e. The summed E-state index contributed by atoms with van der Waals surface area (Å²) in [5, 5.41) is 0. The number of carbonyl (C=O) groups is 1. The molecule has 0 unspecified atom stereocenters. The Hall–Kier alpha value is -0.440. The van der Waals surface area contributed by atoms with E-state index >= 15 is 0 Å². The van der Waals surface area contributed by atoms with Gasteiger partial charge in [-0.15, -0.1) is 11.6 Å². The maximum Gasteiger partial charge on any atom is 0.410 e. The third-order valence-electron chi connectivity index (χ3n) is 2.78. The molecule has 0 radical (unpaired) electrons. The van der Waals surface area contributed by atoms with Crippen molar-refractivity contribution in [3.05, 3.63) is 0 Å². The molecule has 4 heteroatoms. The van der Waals surface area contributed by atoms with Crippen LogP contribution in [-0.4, -0.2) is 35.6 Å². The van der Waals surface area contributed by atoms with Crippen molar-refractivity contribution >= 4 is 17.7 Å². The van der Waals surface area contributed by atoms with E-state index in [1.807, 2.05) is 20.8 Å². The van der Waals surface area contributed by atoms with E-state index in [0.717, 1.165) is 38.2 Å². The summed E-state index contributed by atoms with van der Waals surface area (Å²) < 4.78 is 5.33. The molecule has 1 aliphatic rings. The number of likely N-dealkylation sites (tertiary alicyclic amines) is 1. The second kappa shape index (κ2) is 5.76. The minimum atomic E-state index is -0.399. The Morgan fingerprint density at radius 2 is 1.94 bits per heavy atom. The lowest BCUT2D eigenvalue weighted by molar-refractivity contribution is 0.0183. The van der Waals surface area contributed by atoms with Crippen molar-refractivity contribution in [3.8, 4) is 0 Å². The predicted octanol–water partition coefficient (Wildman–Crippen LogP) is 3.26. The van der Waals surface area contributed by atoms with Crippen LogP contribution in [-0.2, 0) is 4.74 Å². The van der Waals surface area contributed by atoms with Crippen molar-refractivity contribution in [2.75, 3.05) is 19.0 Å². The molecular weight excluding hydrogens is 226 g/mol. The standard InChI is InChI=1S/C12H22ClNO2/c1-12(2,3)16-11(15)14-8-5-10(4-7-13)6-9-14/h10H,4-9H2,1-3H3. The fourth-order valence-corrected chi connectivity index (χ4v) is 2.19. The maximum atomic E-state index is 11.8. The zero-order chi connectivity index (χ0) is 12.2. The Morgan fingerprint density at radius 1 is 1.38 bits per heavy atom. The number of amides is 1. The number of alkyl halides is 1. The number of nitrogens with zero attached hydrogens (tertiary/aromatic N) is 1. The van der Waals surface area contributed by atoms with Crippen molar-refractivity contribution < 1.29 is 9.53 Å². The van der Waals surface area contributed by atoms with Crippen LogP contribution < -0.4 is 0 Å². The number of ether oxygens (including phenoxy) is 1. The molecule has 1 amide bonds. The van der Waals surface area contributed by atoms with Gasteiger partial charge < -0.3 is 9.64 Å². The molecule has 1 fully saturated rings. The monoisotopic (exact) mass is 247 g/mol. The van der Waals surface area contributed by atoms with Crippen molar-refractivity contribution in [1.29, 1.82) is 0 Å². The van der Waals surface area contributed by atoms with Gasteiger partial charge in [0, 0.05) is 19.0 Å². The van der Waals surface area contributed by atoms with E-state index in [4.69, 9.17) is 16.3 Å². The average Bonchev–Trinajstić information content (AvgIpc) is 2.16. The van der Waals surface area contributed by atoms with E-state index < -0.39 is 5.60 Å². The second-order valence-electron chi connectivity index (χ2n) is 5.39. The Labute approximate surface area is 103 Å². The van der Waals surface area contributed by atoms with Gasteiger partial charge in [0.25, 0.3) is 0 Å². The number of rotatable bonds is 2. The molecule has 0 aromatic heterocycles. The van der Waals surface area contributed by atoms with Gasteiger partial charge in [-0.05, 0) is 46.0 Å². The van der Waals surface area contributed by atoms with Crippen LogP contribution in [0, 0.1) is 5.92 Å². The van der Waals surface area contributed by atoms with Crippen molar-refractivity contribution in [1.82, 2.24) is 4.90 Å². The van der Waals surface area contributed by atoms with Crippen LogP contribution in [0.15, 0.2) is 0 Å². The van der Waals surface area contributed by atoms with Gasteiger partial charge in [0.15, 0.2) is 0 Å². The number of piperidine rings is 1. The van der Waals surface area contributed by atoms with E-state index in [1.165, 1.54) is 0 Å². The highest BCUT2D eigenvalue weighted by Gasteiger charge is 2.26. The molecule has 0 bridgehead atoms. The van der Waals surface area contributed by atoms with Crippen LogP contribution >= 0.6 is 11.6 Å². The van der Waals surface area contributed by atoms with Crippen molar-refractivity contribution in [2.24, 2.45) is 5.92 Å². The molecule has 0 aliphatic carbocycles. The molecule has 94 valence electrons. The molecule has 1 heterocycles. The molecule has 0 spiro atoms. The van der Waals surface area contributed by atoms with Gasteiger partial charge in [-0.25, -0.2) is 4.79 Å². The third-order valence-corrected chi connectivity index (χ3v) is 3.00.